The Balaban J connectivity index is 1.59. The van der Waals surface area contributed by atoms with Gasteiger partial charge in [-0.15, -0.1) is 5.10 Å². The van der Waals surface area contributed by atoms with E-state index in [1.54, 1.807) is 30.3 Å². The van der Waals surface area contributed by atoms with Gasteiger partial charge in [0.05, 0.1) is 18.8 Å². The Bertz CT molecular complexity index is 980. The summed E-state index contributed by atoms with van der Waals surface area (Å²) in [7, 11) is 0. The zero-order valence-corrected chi connectivity index (χ0v) is 14.9. The highest BCUT2D eigenvalue weighted by Gasteiger charge is 2.19. The predicted octanol–water partition coefficient (Wildman–Crippen LogP) is 2.04. The lowest BCUT2D eigenvalue weighted by molar-refractivity contribution is -0.121. The minimum atomic E-state index is -0.752. The van der Waals surface area contributed by atoms with Gasteiger partial charge in [-0.2, -0.15) is 5.26 Å². The lowest BCUT2D eigenvalue weighted by Crippen LogP contribution is -2.35. The van der Waals surface area contributed by atoms with Crippen LogP contribution in [0.5, 0.6) is 0 Å². The summed E-state index contributed by atoms with van der Waals surface area (Å²) in [5.74, 6) is -1.25. The van der Waals surface area contributed by atoms with Crippen LogP contribution in [-0.4, -0.2) is 40.0 Å². The summed E-state index contributed by atoms with van der Waals surface area (Å²) in [6, 6.07) is 20.2. The highest BCUT2D eigenvalue weighted by Crippen LogP contribution is 2.13. The maximum Gasteiger partial charge on any atom is 0.361 e. The van der Waals surface area contributed by atoms with Gasteiger partial charge in [-0.1, -0.05) is 53.7 Å². The van der Waals surface area contributed by atoms with Gasteiger partial charge < -0.3 is 4.74 Å². The maximum atomic E-state index is 12.4. The van der Waals surface area contributed by atoms with Crippen LogP contribution < -0.4 is 4.90 Å². The SMILES string of the molecule is N#CCN(C(=O)COC(=O)c1cn(Cc2ccccc2)nn1)c1ccccc1. The van der Waals surface area contributed by atoms with Gasteiger partial charge in [0.25, 0.3) is 5.91 Å². The molecule has 0 aliphatic heterocycles. The molecule has 0 radical (unpaired) electrons. The first-order chi connectivity index (χ1) is 13.7. The minimum absolute atomic E-state index is 0.00951. The standard InChI is InChI=1S/C20H17N5O3/c21-11-12-25(17-9-5-2-6-10-17)19(26)15-28-20(27)18-14-24(23-22-18)13-16-7-3-1-4-8-16/h1-10,14H,12-13,15H2. The largest absolute Gasteiger partial charge is 0.451 e. The van der Waals surface area contributed by atoms with E-state index in [0.717, 1.165) is 5.56 Å². The molecule has 0 bridgehead atoms. The minimum Gasteiger partial charge on any atom is -0.451 e. The van der Waals surface area contributed by atoms with E-state index in [1.807, 2.05) is 36.4 Å². The van der Waals surface area contributed by atoms with Gasteiger partial charge in [-0.05, 0) is 17.7 Å². The lowest BCUT2D eigenvalue weighted by Gasteiger charge is -2.19. The number of rotatable bonds is 7. The second-order valence-electron chi connectivity index (χ2n) is 5.84. The molecule has 1 aromatic heterocycles. The molecular formula is C20H17N5O3. The fourth-order valence-corrected chi connectivity index (χ4v) is 2.52. The van der Waals surface area contributed by atoms with Gasteiger partial charge in [0, 0.05) is 5.69 Å². The Morgan fingerprint density at radius 1 is 1.07 bits per heavy atom. The second-order valence-corrected chi connectivity index (χ2v) is 5.84. The van der Waals surface area contributed by atoms with Crippen LogP contribution in [0.4, 0.5) is 5.69 Å². The molecule has 2 aromatic carbocycles. The zero-order chi connectivity index (χ0) is 19.8. The van der Waals surface area contributed by atoms with Crippen molar-refractivity contribution in [2.24, 2.45) is 0 Å². The summed E-state index contributed by atoms with van der Waals surface area (Å²) in [6.45, 7) is -0.182. The third kappa shape index (κ3) is 4.80. The number of nitriles is 1. The first kappa shape index (κ1) is 18.8. The van der Waals surface area contributed by atoms with Crippen molar-refractivity contribution >= 4 is 17.6 Å². The number of amides is 1. The molecule has 0 saturated heterocycles. The molecule has 0 unspecified atom stereocenters. The van der Waals surface area contributed by atoms with Gasteiger partial charge in [0.2, 0.25) is 0 Å². The lowest BCUT2D eigenvalue weighted by atomic mass is 10.2. The van der Waals surface area contributed by atoms with Crippen molar-refractivity contribution < 1.29 is 14.3 Å². The molecular weight excluding hydrogens is 358 g/mol. The molecule has 28 heavy (non-hydrogen) atoms. The van der Waals surface area contributed by atoms with E-state index in [9.17, 15) is 9.59 Å². The molecule has 3 rings (SSSR count). The molecule has 1 heterocycles. The van der Waals surface area contributed by atoms with Crippen molar-refractivity contribution in [3.63, 3.8) is 0 Å². The van der Waals surface area contributed by atoms with Crippen LogP contribution >= 0.6 is 0 Å². The summed E-state index contributed by atoms with van der Waals surface area (Å²) < 4.78 is 6.56. The van der Waals surface area contributed by atoms with Gasteiger partial charge in [-0.25, -0.2) is 9.48 Å². The monoisotopic (exact) mass is 375 g/mol. The van der Waals surface area contributed by atoms with Crippen molar-refractivity contribution in [2.75, 3.05) is 18.1 Å². The van der Waals surface area contributed by atoms with Gasteiger partial charge >= 0.3 is 5.97 Å². The molecule has 0 N–H and O–H groups in total. The van der Waals surface area contributed by atoms with E-state index in [2.05, 4.69) is 10.3 Å². The summed E-state index contributed by atoms with van der Waals surface area (Å²) in [5, 5.41) is 16.6. The Morgan fingerprint density at radius 2 is 1.75 bits per heavy atom. The molecule has 3 aromatic rings. The van der Waals surface area contributed by atoms with E-state index in [-0.39, 0.29) is 12.2 Å². The van der Waals surface area contributed by atoms with E-state index in [1.165, 1.54) is 15.8 Å². The molecule has 8 nitrogen and oxygen atoms in total. The van der Waals surface area contributed by atoms with Crippen molar-refractivity contribution in [3.8, 4) is 6.07 Å². The molecule has 1 amide bonds. The number of aromatic nitrogens is 3. The Kier molecular flexibility index (Phi) is 6.10. The molecule has 0 atom stereocenters. The number of hydrogen-bond donors (Lipinski definition) is 0. The van der Waals surface area contributed by atoms with Gasteiger partial charge in [0.15, 0.2) is 12.3 Å². The number of esters is 1. The first-order valence-electron chi connectivity index (χ1n) is 8.51. The maximum absolute atomic E-state index is 12.4. The number of para-hydroxylation sites is 1. The summed E-state index contributed by atoms with van der Waals surface area (Å²) in [4.78, 5) is 25.8. The van der Waals surface area contributed by atoms with Crippen LogP contribution in [0.1, 0.15) is 16.1 Å². The number of carbonyl (C=O) groups is 2. The highest BCUT2D eigenvalue weighted by molar-refractivity contribution is 5.96. The highest BCUT2D eigenvalue weighted by atomic mass is 16.5. The van der Waals surface area contributed by atoms with E-state index in [4.69, 9.17) is 10.00 Å². The Hall–Kier alpha value is -3.99. The number of anilines is 1. The molecule has 0 saturated carbocycles. The average Bonchev–Trinajstić information content (AvgIpc) is 3.20. The van der Waals surface area contributed by atoms with E-state index in [0.29, 0.717) is 12.2 Å². The Morgan fingerprint density at radius 3 is 2.43 bits per heavy atom. The summed E-state index contributed by atoms with van der Waals surface area (Å²) in [6.07, 6.45) is 1.46. The fraction of sp³-hybridized carbons (Fsp3) is 0.150. The van der Waals surface area contributed by atoms with Crippen LogP contribution in [-0.2, 0) is 16.1 Å². The van der Waals surface area contributed by atoms with Crippen molar-refractivity contribution in [1.29, 1.82) is 5.26 Å². The molecule has 140 valence electrons. The summed E-state index contributed by atoms with van der Waals surface area (Å²) in [5.41, 5.74) is 1.58. The van der Waals surface area contributed by atoms with Crippen LogP contribution in [0.2, 0.25) is 0 Å². The number of hydrogen-bond acceptors (Lipinski definition) is 6. The molecule has 0 aliphatic carbocycles. The summed E-state index contributed by atoms with van der Waals surface area (Å²) >= 11 is 0. The molecule has 0 aliphatic rings. The van der Waals surface area contributed by atoms with Gasteiger partial charge in [0.1, 0.15) is 6.54 Å². The predicted molar refractivity (Wildman–Crippen MR) is 100 cm³/mol. The Labute approximate surface area is 161 Å². The number of nitrogens with zero attached hydrogens (tertiary/aromatic N) is 5. The first-order valence-corrected chi connectivity index (χ1v) is 8.51. The molecule has 8 heteroatoms. The average molecular weight is 375 g/mol. The third-order valence-electron chi connectivity index (χ3n) is 3.86. The quantitative estimate of drug-likeness (QED) is 0.463. The van der Waals surface area contributed by atoms with Crippen molar-refractivity contribution in [3.05, 3.63) is 78.1 Å². The molecule has 0 fully saturated rings. The third-order valence-corrected chi connectivity index (χ3v) is 3.86. The van der Waals surface area contributed by atoms with E-state index < -0.39 is 18.5 Å². The fourth-order valence-electron chi connectivity index (χ4n) is 2.52. The van der Waals surface area contributed by atoms with Gasteiger partial charge in [-0.3, -0.25) is 9.69 Å². The van der Waals surface area contributed by atoms with Crippen LogP contribution in [0.25, 0.3) is 0 Å². The molecule has 0 spiro atoms. The zero-order valence-electron chi connectivity index (χ0n) is 14.9. The smallest absolute Gasteiger partial charge is 0.361 e. The topological polar surface area (TPSA) is 101 Å². The van der Waals surface area contributed by atoms with Crippen LogP contribution in [0.3, 0.4) is 0 Å². The normalized spacial score (nSPS) is 10.1. The van der Waals surface area contributed by atoms with E-state index >= 15 is 0 Å². The van der Waals surface area contributed by atoms with Crippen LogP contribution in [0, 0.1) is 11.3 Å². The number of carbonyl (C=O) groups excluding carboxylic acids is 2. The van der Waals surface area contributed by atoms with Crippen molar-refractivity contribution in [1.82, 2.24) is 15.0 Å². The second kappa shape index (κ2) is 9.09. The van der Waals surface area contributed by atoms with Crippen molar-refractivity contribution in [2.45, 2.75) is 6.54 Å². The number of ether oxygens (including phenoxy) is 1. The van der Waals surface area contributed by atoms with Crippen LogP contribution in [0.15, 0.2) is 66.9 Å². The number of benzene rings is 2.